The number of nitro benzene ring substituents is 1. The molecule has 0 unspecified atom stereocenters. The number of carbonyl (C=O) groups is 2. The molecule has 0 atom stereocenters. The van der Waals surface area contributed by atoms with Gasteiger partial charge in [0.25, 0.3) is 5.69 Å². The molecule has 0 N–H and O–H groups in total. The van der Waals surface area contributed by atoms with Crippen molar-refractivity contribution in [2.75, 3.05) is 24.6 Å². The van der Waals surface area contributed by atoms with Gasteiger partial charge >= 0.3 is 5.97 Å². The van der Waals surface area contributed by atoms with E-state index < -0.39 is 23.3 Å². The molecule has 0 saturated carbocycles. The molecule has 1 saturated heterocycles. The molecule has 0 aromatic heterocycles. The molecule has 29 heavy (non-hydrogen) atoms. The quantitative estimate of drug-likeness (QED) is 0.285. The minimum absolute atomic E-state index is 0.0407. The van der Waals surface area contributed by atoms with Crippen molar-refractivity contribution in [3.05, 3.63) is 68.2 Å². The third kappa shape index (κ3) is 5.05. The first-order chi connectivity index (χ1) is 13.9. The number of nitrogens with zero attached hydrogens (tertiary/aromatic N) is 2. The van der Waals surface area contributed by atoms with E-state index in [2.05, 4.69) is 0 Å². The van der Waals surface area contributed by atoms with Gasteiger partial charge in [0.15, 0.2) is 6.61 Å². The number of nitro groups is 1. The third-order valence-corrected chi connectivity index (χ3v) is 5.37. The van der Waals surface area contributed by atoms with Crippen LogP contribution >= 0.6 is 23.2 Å². The summed E-state index contributed by atoms with van der Waals surface area (Å²) >= 11 is 11.8. The van der Waals surface area contributed by atoms with E-state index >= 15 is 0 Å². The largest absolute Gasteiger partial charge is 0.457 e. The molecule has 1 fully saturated rings. The summed E-state index contributed by atoms with van der Waals surface area (Å²) in [4.78, 5) is 37.2. The third-order valence-electron chi connectivity index (χ3n) is 4.82. The standard InChI is InChI=1S/C20H18Cl2N2O5/c21-14-5-6-15(16(22)11-14)19(25)12-29-20(26)13-7-9-23(10-8-13)17-3-1-2-4-18(17)24(27)28/h1-6,11,13H,7-10,12H2. The Hall–Kier alpha value is -2.64. The van der Waals surface area contributed by atoms with Gasteiger partial charge in [-0.1, -0.05) is 35.3 Å². The van der Waals surface area contributed by atoms with Gasteiger partial charge in [-0.2, -0.15) is 0 Å². The summed E-state index contributed by atoms with van der Waals surface area (Å²) in [5, 5.41) is 11.8. The van der Waals surface area contributed by atoms with Crippen LogP contribution in [0.2, 0.25) is 10.0 Å². The van der Waals surface area contributed by atoms with Crippen LogP contribution in [0.4, 0.5) is 11.4 Å². The Labute approximate surface area is 177 Å². The highest BCUT2D eigenvalue weighted by molar-refractivity contribution is 6.36. The van der Waals surface area contributed by atoms with Crippen LogP contribution in [-0.4, -0.2) is 36.4 Å². The molecule has 7 nitrogen and oxygen atoms in total. The van der Waals surface area contributed by atoms with Gasteiger partial charge in [-0.3, -0.25) is 19.7 Å². The van der Waals surface area contributed by atoms with Crippen LogP contribution in [0, 0.1) is 16.0 Å². The lowest BCUT2D eigenvalue weighted by molar-refractivity contribution is -0.384. The van der Waals surface area contributed by atoms with E-state index in [-0.39, 0.29) is 22.2 Å². The molecule has 1 aliphatic rings. The molecule has 9 heteroatoms. The first kappa shape index (κ1) is 21.1. The molecule has 2 aromatic carbocycles. The average molecular weight is 437 g/mol. The van der Waals surface area contributed by atoms with Crippen molar-refractivity contribution in [2.45, 2.75) is 12.8 Å². The summed E-state index contributed by atoms with van der Waals surface area (Å²) in [6.45, 7) is 0.577. The van der Waals surface area contributed by atoms with Crippen LogP contribution in [0.3, 0.4) is 0 Å². The Morgan fingerprint density at radius 2 is 1.83 bits per heavy atom. The number of esters is 1. The second kappa shape index (κ2) is 9.24. The number of ketones is 1. The Bertz CT molecular complexity index is 942. The first-order valence-electron chi connectivity index (χ1n) is 9.00. The smallest absolute Gasteiger partial charge is 0.309 e. The van der Waals surface area contributed by atoms with Crippen LogP contribution in [0.1, 0.15) is 23.2 Å². The van der Waals surface area contributed by atoms with E-state index in [1.54, 1.807) is 24.3 Å². The van der Waals surface area contributed by atoms with E-state index in [1.165, 1.54) is 18.2 Å². The molecule has 1 heterocycles. The van der Waals surface area contributed by atoms with E-state index in [9.17, 15) is 19.7 Å². The Morgan fingerprint density at radius 1 is 1.14 bits per heavy atom. The van der Waals surface area contributed by atoms with E-state index in [0.717, 1.165) is 0 Å². The lowest BCUT2D eigenvalue weighted by atomic mass is 9.96. The summed E-state index contributed by atoms with van der Waals surface area (Å²) in [7, 11) is 0. The highest BCUT2D eigenvalue weighted by Crippen LogP contribution is 2.31. The summed E-state index contributed by atoms with van der Waals surface area (Å²) in [6.07, 6.45) is 0.974. The van der Waals surface area contributed by atoms with Gasteiger partial charge in [0.2, 0.25) is 5.78 Å². The topological polar surface area (TPSA) is 89.8 Å². The molecule has 0 bridgehead atoms. The zero-order chi connectivity index (χ0) is 21.0. The van der Waals surface area contributed by atoms with Gasteiger partial charge in [0, 0.05) is 29.7 Å². The molecule has 0 amide bonds. The van der Waals surface area contributed by atoms with Crippen LogP contribution < -0.4 is 4.90 Å². The maximum atomic E-state index is 12.3. The van der Waals surface area contributed by atoms with Crippen molar-refractivity contribution in [1.82, 2.24) is 0 Å². The number of Topliss-reactive ketones (excluding diaryl/α,β-unsaturated/α-hetero) is 1. The Kier molecular flexibility index (Phi) is 6.71. The van der Waals surface area contributed by atoms with Crippen molar-refractivity contribution < 1.29 is 19.2 Å². The van der Waals surface area contributed by atoms with Crippen LogP contribution in [-0.2, 0) is 9.53 Å². The number of hydrogen-bond acceptors (Lipinski definition) is 6. The van der Waals surface area contributed by atoms with Crippen LogP contribution in [0.25, 0.3) is 0 Å². The zero-order valence-corrected chi connectivity index (χ0v) is 16.9. The zero-order valence-electron chi connectivity index (χ0n) is 15.3. The fourth-order valence-corrected chi connectivity index (χ4v) is 3.80. The fraction of sp³-hybridized carbons (Fsp3) is 0.300. The summed E-state index contributed by atoms with van der Waals surface area (Å²) < 4.78 is 5.18. The van der Waals surface area contributed by atoms with Crippen molar-refractivity contribution in [2.24, 2.45) is 5.92 Å². The Morgan fingerprint density at radius 3 is 2.48 bits per heavy atom. The van der Waals surface area contributed by atoms with Crippen molar-refractivity contribution >= 4 is 46.3 Å². The van der Waals surface area contributed by atoms with Crippen molar-refractivity contribution in [1.29, 1.82) is 0 Å². The number of anilines is 1. The SMILES string of the molecule is O=C(COC(=O)C1CCN(c2ccccc2[N+](=O)[O-])CC1)c1ccc(Cl)cc1Cl. The Balaban J connectivity index is 1.54. The number of piperidine rings is 1. The van der Waals surface area contributed by atoms with Crippen LogP contribution in [0.5, 0.6) is 0 Å². The molecule has 3 rings (SSSR count). The molecule has 1 aliphatic heterocycles. The summed E-state index contributed by atoms with van der Waals surface area (Å²) in [6, 6.07) is 11.0. The second-order valence-electron chi connectivity index (χ2n) is 6.66. The monoisotopic (exact) mass is 436 g/mol. The fourth-order valence-electron chi connectivity index (χ4n) is 3.29. The normalized spacial score (nSPS) is 14.5. The van der Waals surface area contributed by atoms with Gasteiger partial charge in [-0.25, -0.2) is 0 Å². The maximum absolute atomic E-state index is 12.3. The van der Waals surface area contributed by atoms with Gasteiger partial charge in [-0.05, 0) is 37.1 Å². The molecule has 0 radical (unpaired) electrons. The number of carbonyl (C=O) groups excluding carboxylic acids is 2. The number of halogens is 2. The molecule has 0 spiro atoms. The minimum atomic E-state index is -0.453. The second-order valence-corrected chi connectivity index (χ2v) is 7.51. The van der Waals surface area contributed by atoms with E-state index in [4.69, 9.17) is 27.9 Å². The van der Waals surface area contributed by atoms with Gasteiger partial charge in [0.05, 0.1) is 15.9 Å². The molecule has 0 aliphatic carbocycles. The predicted molar refractivity (Wildman–Crippen MR) is 110 cm³/mol. The van der Waals surface area contributed by atoms with Gasteiger partial charge < -0.3 is 9.64 Å². The number of hydrogen-bond donors (Lipinski definition) is 0. The minimum Gasteiger partial charge on any atom is -0.457 e. The predicted octanol–water partition coefficient (Wildman–Crippen LogP) is 4.54. The van der Waals surface area contributed by atoms with Gasteiger partial charge in [0.1, 0.15) is 5.69 Å². The van der Waals surface area contributed by atoms with Crippen LogP contribution in [0.15, 0.2) is 42.5 Å². The first-order valence-corrected chi connectivity index (χ1v) is 9.75. The lowest BCUT2D eigenvalue weighted by Crippen LogP contribution is -2.37. The number of para-hydroxylation sites is 2. The number of benzene rings is 2. The maximum Gasteiger partial charge on any atom is 0.309 e. The van der Waals surface area contributed by atoms with Crippen molar-refractivity contribution in [3.8, 4) is 0 Å². The lowest BCUT2D eigenvalue weighted by Gasteiger charge is -2.32. The average Bonchev–Trinajstić information content (AvgIpc) is 2.72. The number of rotatable bonds is 6. The van der Waals surface area contributed by atoms with E-state index in [1.807, 2.05) is 4.90 Å². The number of ether oxygens (including phenoxy) is 1. The molecule has 152 valence electrons. The molecule has 2 aromatic rings. The molecular weight excluding hydrogens is 419 g/mol. The highest BCUT2D eigenvalue weighted by Gasteiger charge is 2.29. The summed E-state index contributed by atoms with van der Waals surface area (Å²) in [5.74, 6) is -1.22. The van der Waals surface area contributed by atoms with Gasteiger partial charge in [-0.15, -0.1) is 0 Å². The van der Waals surface area contributed by atoms with Crippen molar-refractivity contribution in [3.63, 3.8) is 0 Å². The summed E-state index contributed by atoms with van der Waals surface area (Å²) in [5.41, 5.74) is 0.825. The highest BCUT2D eigenvalue weighted by atomic mass is 35.5. The van der Waals surface area contributed by atoms with E-state index in [0.29, 0.717) is 36.6 Å². The molecular formula is C20H18Cl2N2O5.